The number of nitrogens with zero attached hydrogens (tertiary/aromatic N) is 1. The molecule has 2 nitrogen and oxygen atoms in total. The highest BCUT2D eigenvalue weighted by atomic mass is 16.1. The van der Waals surface area contributed by atoms with E-state index in [-0.39, 0.29) is 5.92 Å². The molecule has 3 atom stereocenters. The van der Waals surface area contributed by atoms with Gasteiger partial charge in [0, 0.05) is 32.0 Å². The summed E-state index contributed by atoms with van der Waals surface area (Å²) >= 11 is 0. The Bertz CT molecular complexity index is 496. The minimum Gasteiger partial charge on any atom is -0.299 e. The molecule has 0 spiro atoms. The number of benzene rings is 1. The molecule has 0 N–H and O–H groups in total. The van der Waals surface area contributed by atoms with Crippen LogP contribution in [0.1, 0.15) is 37.8 Å². The van der Waals surface area contributed by atoms with Crippen LogP contribution >= 0.6 is 0 Å². The largest absolute Gasteiger partial charge is 0.299 e. The van der Waals surface area contributed by atoms with Crippen molar-refractivity contribution in [3.05, 3.63) is 35.4 Å². The van der Waals surface area contributed by atoms with E-state index < -0.39 is 0 Å². The molecule has 1 aromatic rings. The minimum atomic E-state index is 0.261. The first-order valence-electron chi connectivity index (χ1n) is 7.95. The Morgan fingerprint density at radius 3 is 2.70 bits per heavy atom. The molecule has 1 fully saturated rings. The SMILES string of the molecule is CC1CC(=O)C(CN2CCc3ccccc3C2)C(C)C1. The molecule has 3 unspecified atom stereocenters. The summed E-state index contributed by atoms with van der Waals surface area (Å²) in [5.74, 6) is 1.88. The quantitative estimate of drug-likeness (QED) is 0.822. The molecule has 1 heterocycles. The lowest BCUT2D eigenvalue weighted by molar-refractivity contribution is -0.128. The van der Waals surface area contributed by atoms with Crippen LogP contribution in [0.4, 0.5) is 0 Å². The van der Waals surface area contributed by atoms with Crippen molar-refractivity contribution >= 4 is 5.78 Å². The number of rotatable bonds is 2. The van der Waals surface area contributed by atoms with E-state index in [2.05, 4.69) is 43.0 Å². The van der Waals surface area contributed by atoms with E-state index in [1.54, 1.807) is 0 Å². The lowest BCUT2D eigenvalue weighted by Crippen LogP contribution is -2.42. The monoisotopic (exact) mass is 271 g/mol. The maximum absolute atomic E-state index is 12.3. The van der Waals surface area contributed by atoms with Gasteiger partial charge in [-0.15, -0.1) is 0 Å². The Hall–Kier alpha value is -1.15. The Morgan fingerprint density at radius 2 is 1.95 bits per heavy atom. The van der Waals surface area contributed by atoms with Crippen LogP contribution in [0.2, 0.25) is 0 Å². The standard InChI is InChI=1S/C18H25NO/c1-13-9-14(2)17(18(20)10-13)12-19-8-7-15-5-3-4-6-16(15)11-19/h3-6,13-14,17H,7-12H2,1-2H3. The Labute approximate surface area is 122 Å². The van der Waals surface area contributed by atoms with Gasteiger partial charge in [-0.3, -0.25) is 9.69 Å². The van der Waals surface area contributed by atoms with Crippen LogP contribution in [0.15, 0.2) is 24.3 Å². The summed E-state index contributed by atoms with van der Waals surface area (Å²) in [5.41, 5.74) is 2.93. The van der Waals surface area contributed by atoms with E-state index in [9.17, 15) is 4.79 Å². The van der Waals surface area contributed by atoms with Crippen molar-refractivity contribution in [2.24, 2.45) is 17.8 Å². The Morgan fingerprint density at radius 1 is 1.20 bits per heavy atom. The number of Topliss-reactive ketones (excluding diaryl/α,β-unsaturated/α-hetero) is 1. The highest BCUT2D eigenvalue weighted by Gasteiger charge is 2.33. The van der Waals surface area contributed by atoms with Crippen molar-refractivity contribution in [1.29, 1.82) is 0 Å². The number of carbonyl (C=O) groups excluding carboxylic acids is 1. The summed E-state index contributed by atoms with van der Waals surface area (Å²) < 4.78 is 0. The molecule has 1 aliphatic carbocycles. The average Bonchev–Trinajstić information content (AvgIpc) is 2.42. The second-order valence-corrected chi connectivity index (χ2v) is 6.85. The van der Waals surface area contributed by atoms with Gasteiger partial charge in [-0.1, -0.05) is 38.1 Å². The fourth-order valence-electron chi connectivity index (χ4n) is 3.96. The van der Waals surface area contributed by atoms with Crippen LogP contribution in [-0.4, -0.2) is 23.8 Å². The first-order chi connectivity index (χ1) is 9.63. The minimum absolute atomic E-state index is 0.261. The van der Waals surface area contributed by atoms with E-state index in [0.717, 1.165) is 32.5 Å². The molecule has 20 heavy (non-hydrogen) atoms. The molecule has 0 bridgehead atoms. The molecule has 0 aromatic heterocycles. The van der Waals surface area contributed by atoms with E-state index >= 15 is 0 Å². The van der Waals surface area contributed by atoms with E-state index in [1.165, 1.54) is 17.5 Å². The smallest absolute Gasteiger partial charge is 0.137 e. The summed E-state index contributed by atoms with van der Waals surface area (Å²) in [4.78, 5) is 14.8. The van der Waals surface area contributed by atoms with Gasteiger partial charge >= 0.3 is 0 Å². The zero-order valence-corrected chi connectivity index (χ0v) is 12.6. The van der Waals surface area contributed by atoms with Gasteiger partial charge in [0.2, 0.25) is 0 Å². The number of hydrogen-bond acceptors (Lipinski definition) is 2. The summed E-state index contributed by atoms with van der Waals surface area (Å²) in [6, 6.07) is 8.72. The Balaban J connectivity index is 1.66. The van der Waals surface area contributed by atoms with Gasteiger partial charge in [-0.2, -0.15) is 0 Å². The van der Waals surface area contributed by atoms with Gasteiger partial charge in [0.25, 0.3) is 0 Å². The summed E-state index contributed by atoms with van der Waals surface area (Å²) in [5, 5.41) is 0. The molecule has 0 radical (unpaired) electrons. The second-order valence-electron chi connectivity index (χ2n) is 6.85. The molecular formula is C18H25NO. The molecule has 2 heteroatoms. The molecule has 3 rings (SSSR count). The van der Waals surface area contributed by atoms with Crippen molar-refractivity contribution in [2.75, 3.05) is 13.1 Å². The maximum Gasteiger partial charge on any atom is 0.137 e. The average molecular weight is 271 g/mol. The van der Waals surface area contributed by atoms with Gasteiger partial charge in [0.1, 0.15) is 5.78 Å². The lowest BCUT2D eigenvalue weighted by atomic mass is 9.74. The Kier molecular flexibility index (Phi) is 3.93. The van der Waals surface area contributed by atoms with Crippen LogP contribution in [0.5, 0.6) is 0 Å². The van der Waals surface area contributed by atoms with E-state index in [4.69, 9.17) is 0 Å². The zero-order chi connectivity index (χ0) is 14.1. The third-order valence-electron chi connectivity index (χ3n) is 5.09. The van der Waals surface area contributed by atoms with Crippen molar-refractivity contribution < 1.29 is 4.79 Å². The fraction of sp³-hybridized carbons (Fsp3) is 0.611. The number of carbonyl (C=O) groups is 1. The van der Waals surface area contributed by atoms with Crippen molar-refractivity contribution in [3.8, 4) is 0 Å². The summed E-state index contributed by atoms with van der Waals surface area (Å²) in [6.45, 7) is 7.55. The van der Waals surface area contributed by atoms with Crippen LogP contribution in [-0.2, 0) is 17.8 Å². The lowest BCUT2D eigenvalue weighted by Gasteiger charge is -2.37. The van der Waals surface area contributed by atoms with Crippen LogP contribution in [0.25, 0.3) is 0 Å². The van der Waals surface area contributed by atoms with Crippen LogP contribution in [0.3, 0.4) is 0 Å². The third-order valence-corrected chi connectivity index (χ3v) is 5.09. The van der Waals surface area contributed by atoms with E-state index in [1.807, 2.05) is 0 Å². The van der Waals surface area contributed by atoms with E-state index in [0.29, 0.717) is 17.6 Å². The molecule has 2 aliphatic rings. The van der Waals surface area contributed by atoms with Gasteiger partial charge in [-0.25, -0.2) is 0 Å². The number of fused-ring (bicyclic) bond motifs is 1. The van der Waals surface area contributed by atoms with Crippen molar-refractivity contribution in [3.63, 3.8) is 0 Å². The molecule has 1 aromatic carbocycles. The summed E-state index contributed by atoms with van der Waals surface area (Å²) in [6.07, 6.45) is 3.13. The van der Waals surface area contributed by atoms with Crippen molar-refractivity contribution in [1.82, 2.24) is 4.90 Å². The topological polar surface area (TPSA) is 20.3 Å². The molecule has 1 aliphatic heterocycles. The highest BCUT2D eigenvalue weighted by Crippen LogP contribution is 2.32. The molecular weight excluding hydrogens is 246 g/mol. The fourth-order valence-corrected chi connectivity index (χ4v) is 3.96. The maximum atomic E-state index is 12.3. The number of ketones is 1. The van der Waals surface area contributed by atoms with Gasteiger partial charge in [-0.05, 0) is 35.8 Å². The highest BCUT2D eigenvalue weighted by molar-refractivity contribution is 5.82. The second kappa shape index (κ2) is 5.69. The first-order valence-corrected chi connectivity index (χ1v) is 7.95. The molecule has 0 saturated heterocycles. The molecule has 1 saturated carbocycles. The predicted molar refractivity (Wildman–Crippen MR) is 81.5 cm³/mol. The van der Waals surface area contributed by atoms with Crippen LogP contribution in [0, 0.1) is 17.8 Å². The zero-order valence-electron chi connectivity index (χ0n) is 12.6. The van der Waals surface area contributed by atoms with Gasteiger partial charge in [0.15, 0.2) is 0 Å². The first kappa shape index (κ1) is 13.8. The molecule has 108 valence electrons. The molecule has 0 amide bonds. The van der Waals surface area contributed by atoms with Crippen LogP contribution < -0.4 is 0 Å². The summed E-state index contributed by atoms with van der Waals surface area (Å²) in [7, 11) is 0. The van der Waals surface area contributed by atoms with Crippen molar-refractivity contribution in [2.45, 2.75) is 39.7 Å². The predicted octanol–water partition coefficient (Wildman–Crippen LogP) is 3.30. The van der Waals surface area contributed by atoms with Gasteiger partial charge < -0.3 is 0 Å². The normalized spacial score (nSPS) is 31.1. The number of hydrogen-bond donors (Lipinski definition) is 0. The van der Waals surface area contributed by atoms with Gasteiger partial charge in [0.05, 0.1) is 0 Å². The third kappa shape index (κ3) is 2.80.